The largest absolute Gasteiger partial charge is 0.494 e. The van der Waals surface area contributed by atoms with Gasteiger partial charge in [0.05, 0.1) is 13.2 Å². The van der Waals surface area contributed by atoms with Crippen LogP contribution in [0.25, 0.3) is 0 Å². The third-order valence-corrected chi connectivity index (χ3v) is 12.9. The lowest BCUT2D eigenvalue weighted by molar-refractivity contribution is -0.252. The van der Waals surface area contributed by atoms with Gasteiger partial charge in [-0.3, -0.25) is 14.4 Å². The van der Waals surface area contributed by atoms with E-state index in [1.54, 1.807) is 12.1 Å². The average molecular weight is 649 g/mol. The molecule has 1 heterocycles. The first-order valence-electron chi connectivity index (χ1n) is 14.8. The Kier molecular flexibility index (Phi) is 12.0. The summed E-state index contributed by atoms with van der Waals surface area (Å²) in [6.07, 6.45) is -4.57. The molecule has 11 heteroatoms. The lowest BCUT2D eigenvalue weighted by Crippen LogP contribution is -2.60. The van der Waals surface area contributed by atoms with Crippen LogP contribution in [0.5, 0.6) is 5.75 Å². The molecule has 3 rings (SSSR count). The highest BCUT2D eigenvalue weighted by molar-refractivity contribution is 6.74. The molecule has 0 aromatic heterocycles. The zero-order valence-corrected chi connectivity index (χ0v) is 28.9. The minimum Gasteiger partial charge on any atom is -0.494 e. The SMILES string of the molecule is CCOc1ccc(Cc2cc([C@@H]3O[C@H](CO[Si](C)(C)C(C)(C)C)[C@@H](OC(C)=O)[C@H](OC(C)=O)[C@H]3OC(C)=O)ccc2Cl)cc1. The van der Waals surface area contributed by atoms with Crippen LogP contribution in [0.1, 0.15) is 71.3 Å². The molecule has 1 saturated heterocycles. The van der Waals surface area contributed by atoms with Crippen LogP contribution in [0.3, 0.4) is 0 Å². The van der Waals surface area contributed by atoms with Gasteiger partial charge in [-0.15, -0.1) is 0 Å². The monoisotopic (exact) mass is 648 g/mol. The molecule has 0 bridgehead atoms. The minimum absolute atomic E-state index is 0.0715. The summed E-state index contributed by atoms with van der Waals surface area (Å²) in [5, 5.41) is 0.453. The van der Waals surface area contributed by atoms with Gasteiger partial charge in [-0.2, -0.15) is 0 Å². The normalized spacial score (nSPS) is 22.2. The lowest BCUT2D eigenvalue weighted by Gasteiger charge is -2.46. The van der Waals surface area contributed by atoms with Gasteiger partial charge in [0.25, 0.3) is 0 Å². The Bertz CT molecular complexity index is 1310. The molecule has 2 aromatic rings. The quantitative estimate of drug-likeness (QED) is 0.152. The molecule has 2 aromatic carbocycles. The number of hydrogen-bond donors (Lipinski definition) is 0. The molecule has 1 aliphatic heterocycles. The number of rotatable bonds is 11. The van der Waals surface area contributed by atoms with Crippen molar-refractivity contribution in [1.82, 2.24) is 0 Å². The zero-order chi connectivity index (χ0) is 32.8. The summed E-state index contributed by atoms with van der Waals surface area (Å²) < 4.78 is 35.8. The van der Waals surface area contributed by atoms with Gasteiger partial charge in [-0.1, -0.05) is 56.6 Å². The number of ether oxygens (including phenoxy) is 5. The average Bonchev–Trinajstić information content (AvgIpc) is 2.91. The first-order valence-corrected chi connectivity index (χ1v) is 18.1. The molecule has 5 atom stereocenters. The fraction of sp³-hybridized carbons (Fsp3) is 0.545. The summed E-state index contributed by atoms with van der Waals surface area (Å²) in [6.45, 7) is 16.9. The molecule has 0 saturated carbocycles. The molecule has 1 fully saturated rings. The second-order valence-electron chi connectivity index (χ2n) is 12.5. The van der Waals surface area contributed by atoms with Gasteiger partial charge in [-0.05, 0) is 66.4 Å². The molecule has 0 unspecified atom stereocenters. The van der Waals surface area contributed by atoms with E-state index in [2.05, 4.69) is 33.9 Å². The highest BCUT2D eigenvalue weighted by Gasteiger charge is 2.53. The molecule has 0 N–H and O–H groups in total. The van der Waals surface area contributed by atoms with Crippen molar-refractivity contribution < 1.29 is 42.5 Å². The van der Waals surface area contributed by atoms with Crippen molar-refractivity contribution >= 4 is 37.8 Å². The summed E-state index contributed by atoms with van der Waals surface area (Å²) in [7, 11) is -2.27. The van der Waals surface area contributed by atoms with E-state index in [-0.39, 0.29) is 11.6 Å². The molecule has 9 nitrogen and oxygen atoms in total. The molecular formula is C33H45ClO9Si. The predicted molar refractivity (Wildman–Crippen MR) is 169 cm³/mol. The van der Waals surface area contributed by atoms with E-state index in [0.29, 0.717) is 23.6 Å². The van der Waals surface area contributed by atoms with Gasteiger partial charge < -0.3 is 28.1 Å². The minimum atomic E-state index is -2.27. The van der Waals surface area contributed by atoms with Crippen molar-refractivity contribution in [2.24, 2.45) is 0 Å². The van der Waals surface area contributed by atoms with Crippen LogP contribution in [0.4, 0.5) is 0 Å². The number of carbonyl (C=O) groups is 3. The van der Waals surface area contributed by atoms with Crippen LogP contribution in [0, 0.1) is 0 Å². The Labute approximate surface area is 266 Å². The number of halogens is 1. The molecule has 0 spiro atoms. The van der Waals surface area contributed by atoms with Crippen LogP contribution in [0.2, 0.25) is 23.2 Å². The first kappa shape index (κ1) is 35.6. The van der Waals surface area contributed by atoms with E-state index in [4.69, 9.17) is 39.7 Å². The second kappa shape index (κ2) is 14.9. The van der Waals surface area contributed by atoms with E-state index >= 15 is 0 Å². The Morgan fingerprint density at radius 3 is 1.98 bits per heavy atom. The third-order valence-electron chi connectivity index (χ3n) is 7.98. The molecule has 0 aliphatic carbocycles. The maximum atomic E-state index is 12.4. The van der Waals surface area contributed by atoms with E-state index < -0.39 is 56.7 Å². The van der Waals surface area contributed by atoms with Gasteiger partial charge in [0.15, 0.2) is 26.6 Å². The Hall–Kier alpha value is -2.92. The fourth-order valence-corrected chi connectivity index (χ4v) is 6.00. The fourth-order valence-electron chi connectivity index (χ4n) is 4.80. The van der Waals surface area contributed by atoms with Crippen molar-refractivity contribution in [3.63, 3.8) is 0 Å². The van der Waals surface area contributed by atoms with Gasteiger partial charge in [0, 0.05) is 25.8 Å². The molecular weight excluding hydrogens is 604 g/mol. The third kappa shape index (κ3) is 9.29. The maximum absolute atomic E-state index is 12.4. The number of benzene rings is 2. The summed E-state index contributed by atoms with van der Waals surface area (Å²) >= 11 is 6.64. The molecule has 1 aliphatic rings. The smallest absolute Gasteiger partial charge is 0.303 e. The molecule has 0 amide bonds. The summed E-state index contributed by atoms with van der Waals surface area (Å²) in [5.74, 6) is -1.05. The second-order valence-corrected chi connectivity index (χ2v) is 17.7. The van der Waals surface area contributed by atoms with Crippen molar-refractivity contribution in [1.29, 1.82) is 0 Å². The van der Waals surface area contributed by atoms with Crippen molar-refractivity contribution in [3.05, 3.63) is 64.2 Å². The first-order chi connectivity index (χ1) is 20.5. The van der Waals surface area contributed by atoms with E-state index in [9.17, 15) is 14.4 Å². The van der Waals surface area contributed by atoms with Crippen molar-refractivity contribution in [3.8, 4) is 5.75 Å². The van der Waals surface area contributed by atoms with E-state index in [0.717, 1.165) is 16.9 Å². The summed E-state index contributed by atoms with van der Waals surface area (Å²) in [6, 6.07) is 13.2. The molecule has 0 radical (unpaired) electrons. The maximum Gasteiger partial charge on any atom is 0.303 e. The van der Waals surface area contributed by atoms with Gasteiger partial charge in [0.2, 0.25) is 0 Å². The highest BCUT2D eigenvalue weighted by Crippen LogP contribution is 2.41. The summed E-state index contributed by atoms with van der Waals surface area (Å²) in [4.78, 5) is 37.0. The van der Waals surface area contributed by atoms with Crippen LogP contribution in [-0.2, 0) is 44.2 Å². The number of carbonyl (C=O) groups excluding carboxylic acids is 3. The Morgan fingerprint density at radius 2 is 1.43 bits per heavy atom. The number of hydrogen-bond acceptors (Lipinski definition) is 9. The Morgan fingerprint density at radius 1 is 0.864 bits per heavy atom. The van der Waals surface area contributed by atoms with Crippen molar-refractivity contribution in [2.45, 2.75) is 104 Å². The van der Waals surface area contributed by atoms with Crippen LogP contribution in [0.15, 0.2) is 42.5 Å². The molecule has 242 valence electrons. The van der Waals surface area contributed by atoms with Crippen LogP contribution in [-0.4, -0.2) is 63.9 Å². The van der Waals surface area contributed by atoms with Crippen LogP contribution >= 0.6 is 11.6 Å². The van der Waals surface area contributed by atoms with Gasteiger partial charge in [0.1, 0.15) is 18.0 Å². The Balaban J connectivity index is 2.06. The van der Waals surface area contributed by atoms with Crippen molar-refractivity contribution in [2.75, 3.05) is 13.2 Å². The summed E-state index contributed by atoms with van der Waals surface area (Å²) in [5.41, 5.74) is 2.48. The van der Waals surface area contributed by atoms with E-state index in [1.165, 1.54) is 20.8 Å². The van der Waals surface area contributed by atoms with Gasteiger partial charge >= 0.3 is 17.9 Å². The van der Waals surface area contributed by atoms with E-state index in [1.807, 2.05) is 37.3 Å². The standard InChI is InChI=1S/C33H45ClO9Si/c1-10-38-26-14-11-23(12-15-26)17-25-18-24(13-16-27(25)34)29-31(41-21(3)36)32(42-22(4)37)30(40-20(2)35)28(43-29)19-39-44(8,9)33(5,6)7/h11-16,18,28-32H,10,17,19H2,1-9H3/t28-,29+,30-,31+,32+/m1/s1. The topological polar surface area (TPSA) is 107 Å². The van der Waals surface area contributed by atoms with Crippen LogP contribution < -0.4 is 4.74 Å². The number of esters is 3. The highest BCUT2D eigenvalue weighted by atomic mass is 35.5. The van der Waals surface area contributed by atoms with Gasteiger partial charge in [-0.25, -0.2) is 0 Å². The lowest BCUT2D eigenvalue weighted by atomic mass is 9.89. The predicted octanol–water partition coefficient (Wildman–Crippen LogP) is 6.59. The molecule has 44 heavy (non-hydrogen) atoms. The zero-order valence-electron chi connectivity index (χ0n) is 27.1.